The summed E-state index contributed by atoms with van der Waals surface area (Å²) in [6.07, 6.45) is 2.88. The van der Waals surface area contributed by atoms with Gasteiger partial charge in [0.05, 0.1) is 0 Å². The lowest BCUT2D eigenvalue weighted by Gasteiger charge is -2.29. The Morgan fingerprint density at radius 3 is 2.15 bits per heavy atom. The molecule has 10 heteroatoms. The van der Waals surface area contributed by atoms with E-state index in [0.29, 0.717) is 34.0 Å². The summed E-state index contributed by atoms with van der Waals surface area (Å²) in [6, 6.07) is 13.8. The first kappa shape index (κ1) is 22.4. The van der Waals surface area contributed by atoms with Crippen LogP contribution in [0.25, 0.3) is 22.4 Å². The van der Waals surface area contributed by atoms with E-state index in [1.165, 1.54) is 0 Å². The molecule has 4 aromatic rings. The minimum absolute atomic E-state index is 0.00244. The minimum atomic E-state index is -0.416. The molecule has 1 saturated carbocycles. The standard InChI is InChI=1S/C24H20Cl2N4O4/c25-15-3-1-13(2-4-15)23-29-30-24(34-23)22(32)28-18-8-6-17(7-9-18)27-21(31)20-12-14-11-16(26)5-10-19(14)33-20/h1-5,10-12,17-18H,6-9H2,(H,27,31)(H,28,32). The second-order valence-electron chi connectivity index (χ2n) is 8.21. The van der Waals surface area contributed by atoms with Crippen LogP contribution in [0.2, 0.25) is 10.0 Å². The molecule has 1 fully saturated rings. The van der Waals surface area contributed by atoms with Gasteiger partial charge >= 0.3 is 11.8 Å². The van der Waals surface area contributed by atoms with Gasteiger partial charge in [-0.3, -0.25) is 9.59 Å². The van der Waals surface area contributed by atoms with Crippen molar-refractivity contribution in [3.63, 3.8) is 0 Å². The van der Waals surface area contributed by atoms with Crippen LogP contribution in [0, 0.1) is 0 Å². The van der Waals surface area contributed by atoms with E-state index in [0.717, 1.165) is 18.2 Å². The number of amides is 2. The van der Waals surface area contributed by atoms with Crippen molar-refractivity contribution >= 4 is 46.0 Å². The maximum atomic E-state index is 12.6. The SMILES string of the molecule is O=C(NC1CCC(NC(=O)c2nnc(-c3ccc(Cl)cc3)o2)CC1)c1cc2cc(Cl)ccc2o1. The summed E-state index contributed by atoms with van der Waals surface area (Å²) in [7, 11) is 0. The predicted molar refractivity (Wildman–Crippen MR) is 127 cm³/mol. The van der Waals surface area contributed by atoms with Crippen molar-refractivity contribution in [2.45, 2.75) is 37.8 Å². The second-order valence-corrected chi connectivity index (χ2v) is 9.08. The minimum Gasteiger partial charge on any atom is -0.451 e. The van der Waals surface area contributed by atoms with Crippen LogP contribution < -0.4 is 10.6 Å². The molecule has 0 saturated heterocycles. The number of aromatic nitrogens is 2. The fraction of sp³-hybridized carbons (Fsp3) is 0.250. The smallest absolute Gasteiger partial charge is 0.309 e. The Morgan fingerprint density at radius 2 is 1.44 bits per heavy atom. The fourth-order valence-corrected chi connectivity index (χ4v) is 4.34. The zero-order chi connectivity index (χ0) is 23.7. The highest BCUT2D eigenvalue weighted by molar-refractivity contribution is 6.31. The summed E-state index contributed by atoms with van der Waals surface area (Å²) in [5, 5.41) is 15.7. The van der Waals surface area contributed by atoms with Crippen molar-refractivity contribution in [3.05, 3.63) is 70.2 Å². The van der Waals surface area contributed by atoms with Gasteiger partial charge in [-0.15, -0.1) is 10.2 Å². The van der Waals surface area contributed by atoms with E-state index in [1.807, 2.05) is 0 Å². The van der Waals surface area contributed by atoms with E-state index < -0.39 is 5.91 Å². The van der Waals surface area contributed by atoms with E-state index in [1.54, 1.807) is 48.5 Å². The van der Waals surface area contributed by atoms with Gasteiger partial charge in [-0.05, 0) is 74.2 Å². The summed E-state index contributed by atoms with van der Waals surface area (Å²) in [5.41, 5.74) is 1.29. The average Bonchev–Trinajstić information content (AvgIpc) is 3.48. The molecule has 2 N–H and O–H groups in total. The summed E-state index contributed by atoms with van der Waals surface area (Å²) in [6.45, 7) is 0. The van der Waals surface area contributed by atoms with Gasteiger partial charge in [-0.1, -0.05) is 23.2 Å². The van der Waals surface area contributed by atoms with E-state index in [2.05, 4.69) is 20.8 Å². The number of nitrogens with zero attached hydrogens (tertiary/aromatic N) is 2. The summed E-state index contributed by atoms with van der Waals surface area (Å²) >= 11 is 11.9. The molecule has 0 bridgehead atoms. The molecular weight excluding hydrogens is 479 g/mol. The summed E-state index contributed by atoms with van der Waals surface area (Å²) in [5.74, 6) is -0.270. The van der Waals surface area contributed by atoms with Crippen LogP contribution in [0.15, 0.2) is 57.4 Å². The highest BCUT2D eigenvalue weighted by atomic mass is 35.5. The van der Waals surface area contributed by atoms with Gasteiger partial charge in [0.25, 0.3) is 5.91 Å². The van der Waals surface area contributed by atoms with Crippen LogP contribution in [0.5, 0.6) is 0 Å². The van der Waals surface area contributed by atoms with Crippen LogP contribution in [0.1, 0.15) is 46.9 Å². The number of carbonyl (C=O) groups excluding carboxylic acids is 2. The van der Waals surface area contributed by atoms with Crippen molar-refractivity contribution in [1.29, 1.82) is 0 Å². The predicted octanol–water partition coefficient (Wildman–Crippen LogP) is 5.26. The molecule has 1 aliphatic carbocycles. The number of nitrogens with one attached hydrogen (secondary N) is 2. The van der Waals surface area contributed by atoms with Crippen molar-refractivity contribution in [2.24, 2.45) is 0 Å². The Kier molecular flexibility index (Phi) is 6.26. The van der Waals surface area contributed by atoms with Crippen LogP contribution >= 0.6 is 23.2 Å². The van der Waals surface area contributed by atoms with Gasteiger partial charge < -0.3 is 19.5 Å². The van der Waals surface area contributed by atoms with Gasteiger partial charge in [-0.2, -0.15) is 0 Å². The number of furan rings is 1. The molecule has 0 radical (unpaired) electrons. The first-order valence-corrected chi connectivity index (χ1v) is 11.6. The molecule has 34 heavy (non-hydrogen) atoms. The second kappa shape index (κ2) is 9.48. The van der Waals surface area contributed by atoms with Crippen molar-refractivity contribution < 1.29 is 18.4 Å². The molecule has 2 aromatic carbocycles. The fourth-order valence-electron chi connectivity index (χ4n) is 4.04. The first-order chi connectivity index (χ1) is 16.4. The van der Waals surface area contributed by atoms with E-state index >= 15 is 0 Å². The maximum absolute atomic E-state index is 12.6. The molecule has 0 atom stereocenters. The number of halogens is 2. The molecule has 1 aliphatic rings. The number of hydrogen-bond acceptors (Lipinski definition) is 6. The zero-order valence-electron chi connectivity index (χ0n) is 17.9. The average molecular weight is 499 g/mol. The van der Waals surface area contributed by atoms with Crippen LogP contribution in [0.3, 0.4) is 0 Å². The third-order valence-corrected chi connectivity index (χ3v) is 6.30. The maximum Gasteiger partial charge on any atom is 0.309 e. The van der Waals surface area contributed by atoms with Crippen LogP contribution in [-0.4, -0.2) is 34.1 Å². The first-order valence-electron chi connectivity index (χ1n) is 10.8. The van der Waals surface area contributed by atoms with Gasteiger partial charge in [0.2, 0.25) is 5.89 Å². The number of hydrogen-bond donors (Lipinski definition) is 2. The Bertz CT molecular complexity index is 1340. The molecule has 0 unspecified atom stereocenters. The molecule has 5 rings (SSSR count). The lowest BCUT2D eigenvalue weighted by Crippen LogP contribution is -2.43. The Morgan fingerprint density at radius 1 is 0.794 bits per heavy atom. The van der Waals surface area contributed by atoms with Crippen molar-refractivity contribution in [2.75, 3.05) is 0 Å². The van der Waals surface area contributed by atoms with Gasteiger partial charge in [0.1, 0.15) is 5.58 Å². The number of carbonyl (C=O) groups is 2. The molecule has 8 nitrogen and oxygen atoms in total. The largest absolute Gasteiger partial charge is 0.451 e. The van der Waals surface area contributed by atoms with Gasteiger partial charge in [0.15, 0.2) is 5.76 Å². The van der Waals surface area contributed by atoms with E-state index in [4.69, 9.17) is 32.0 Å². The van der Waals surface area contributed by atoms with Gasteiger partial charge in [-0.25, -0.2) is 0 Å². The summed E-state index contributed by atoms with van der Waals surface area (Å²) in [4.78, 5) is 25.2. The van der Waals surface area contributed by atoms with E-state index in [-0.39, 0.29) is 35.5 Å². The zero-order valence-corrected chi connectivity index (χ0v) is 19.4. The third-order valence-electron chi connectivity index (χ3n) is 5.81. The molecule has 2 amide bonds. The molecule has 174 valence electrons. The third kappa shape index (κ3) is 4.93. The molecule has 2 heterocycles. The Balaban J connectivity index is 1.13. The monoisotopic (exact) mass is 498 g/mol. The molecular formula is C24H20Cl2N4O4. The lowest BCUT2D eigenvalue weighted by molar-refractivity contribution is 0.0862. The normalized spacial score (nSPS) is 18.1. The number of benzene rings is 2. The highest BCUT2D eigenvalue weighted by Crippen LogP contribution is 2.25. The van der Waals surface area contributed by atoms with Crippen LogP contribution in [0.4, 0.5) is 0 Å². The Hall–Kier alpha value is -3.36. The lowest BCUT2D eigenvalue weighted by atomic mass is 9.91. The van der Waals surface area contributed by atoms with Crippen molar-refractivity contribution in [3.8, 4) is 11.5 Å². The number of fused-ring (bicyclic) bond motifs is 1. The molecule has 0 spiro atoms. The molecule has 2 aromatic heterocycles. The quantitative estimate of drug-likeness (QED) is 0.388. The number of rotatable bonds is 5. The van der Waals surface area contributed by atoms with Gasteiger partial charge in [0, 0.05) is 33.1 Å². The van der Waals surface area contributed by atoms with Crippen molar-refractivity contribution in [1.82, 2.24) is 20.8 Å². The molecule has 0 aliphatic heterocycles. The Labute approximate surface area is 204 Å². The van der Waals surface area contributed by atoms with Crippen LogP contribution in [-0.2, 0) is 0 Å². The highest BCUT2D eigenvalue weighted by Gasteiger charge is 2.26. The summed E-state index contributed by atoms with van der Waals surface area (Å²) < 4.78 is 11.1. The topological polar surface area (TPSA) is 110 Å². The van der Waals surface area contributed by atoms with E-state index in [9.17, 15) is 9.59 Å².